The first-order chi connectivity index (χ1) is 9.05. The number of rotatable bonds is 2. The molecule has 0 aliphatic carbocycles. The Kier molecular flexibility index (Phi) is 3.23. The molecule has 2 bridgehead atoms. The maximum Gasteiger partial charge on any atom is 0.116 e. The van der Waals surface area contributed by atoms with E-state index in [0.29, 0.717) is 22.0 Å². The number of halogens is 2. The Morgan fingerprint density at radius 1 is 1.32 bits per heavy atom. The lowest BCUT2D eigenvalue weighted by atomic mass is 9.69. The van der Waals surface area contributed by atoms with Crippen LogP contribution in [-0.4, -0.2) is 17.3 Å². The van der Waals surface area contributed by atoms with Gasteiger partial charge in [0.2, 0.25) is 0 Å². The minimum atomic E-state index is -0.927. The monoisotopic (exact) mass is 297 g/mol. The highest BCUT2D eigenvalue weighted by Crippen LogP contribution is 2.54. The number of aliphatic hydroxyl groups excluding tert-OH is 1. The minimum absolute atomic E-state index is 0.0916. The topological polar surface area (TPSA) is 53.2 Å². The maximum absolute atomic E-state index is 10.6. The molecule has 1 aromatic rings. The molecule has 1 N–H and O–H groups in total. The molecule has 3 nitrogen and oxygen atoms in total. The van der Waals surface area contributed by atoms with Gasteiger partial charge in [-0.05, 0) is 43.0 Å². The number of aliphatic hydroxyl groups is 1. The van der Waals surface area contributed by atoms with Gasteiger partial charge < -0.3 is 9.84 Å². The van der Waals surface area contributed by atoms with E-state index in [9.17, 15) is 10.4 Å². The van der Waals surface area contributed by atoms with Crippen LogP contribution in [0.15, 0.2) is 18.2 Å². The van der Waals surface area contributed by atoms with E-state index in [4.69, 9.17) is 27.9 Å². The molecule has 2 heterocycles. The largest absolute Gasteiger partial charge is 0.387 e. The highest BCUT2D eigenvalue weighted by atomic mass is 35.5. The average Bonchev–Trinajstić information content (AvgIpc) is 2.97. The van der Waals surface area contributed by atoms with Crippen LogP contribution in [0, 0.1) is 16.7 Å². The third-order valence-corrected chi connectivity index (χ3v) is 4.58. The molecule has 2 fully saturated rings. The van der Waals surface area contributed by atoms with Gasteiger partial charge in [-0.25, -0.2) is 0 Å². The SMILES string of the molecule is N#CC1(C(O)c2cc(Cl)cc(Cl)c2)CC2CCC1O2. The molecule has 1 aromatic carbocycles. The summed E-state index contributed by atoms with van der Waals surface area (Å²) in [5.74, 6) is 0. The summed E-state index contributed by atoms with van der Waals surface area (Å²) in [5, 5.41) is 21.1. The Balaban J connectivity index is 1.98. The number of ether oxygens (including phenoxy) is 1. The van der Waals surface area contributed by atoms with Crippen molar-refractivity contribution in [3.8, 4) is 6.07 Å². The van der Waals surface area contributed by atoms with E-state index in [1.165, 1.54) is 0 Å². The molecule has 4 atom stereocenters. The molecule has 0 spiro atoms. The first kappa shape index (κ1) is 13.2. The molecule has 4 unspecified atom stereocenters. The molecule has 0 radical (unpaired) electrons. The fourth-order valence-corrected chi connectivity index (χ4v) is 3.78. The predicted molar refractivity (Wildman–Crippen MR) is 72.0 cm³/mol. The highest BCUT2D eigenvalue weighted by Gasteiger charge is 2.57. The number of hydrogen-bond acceptors (Lipinski definition) is 3. The Bertz CT molecular complexity index is 537. The van der Waals surface area contributed by atoms with E-state index in [-0.39, 0.29) is 12.2 Å². The molecule has 0 amide bonds. The molecule has 5 heteroatoms. The number of nitrogens with zero attached hydrogens (tertiary/aromatic N) is 1. The minimum Gasteiger partial charge on any atom is -0.387 e. The lowest BCUT2D eigenvalue weighted by Gasteiger charge is -2.33. The molecule has 0 aromatic heterocycles. The Morgan fingerprint density at radius 2 is 2.00 bits per heavy atom. The van der Waals surface area contributed by atoms with Crippen LogP contribution in [0.2, 0.25) is 10.0 Å². The first-order valence-electron chi connectivity index (χ1n) is 6.26. The van der Waals surface area contributed by atoms with E-state index >= 15 is 0 Å². The van der Waals surface area contributed by atoms with Crippen LogP contribution in [0.1, 0.15) is 30.9 Å². The standard InChI is InChI=1S/C14H13Cl2NO2/c15-9-3-8(4-10(16)5-9)13(18)14(7-17)6-11-1-2-12(14)19-11/h3-5,11-13,18H,1-2,6H2. The molecule has 19 heavy (non-hydrogen) atoms. The molecule has 2 aliphatic rings. The third-order valence-electron chi connectivity index (χ3n) is 4.14. The van der Waals surface area contributed by atoms with Crippen LogP contribution in [0.25, 0.3) is 0 Å². The van der Waals surface area contributed by atoms with Crippen LogP contribution in [0.4, 0.5) is 0 Å². The van der Waals surface area contributed by atoms with Crippen molar-refractivity contribution < 1.29 is 9.84 Å². The van der Waals surface area contributed by atoms with Crippen molar-refractivity contribution >= 4 is 23.2 Å². The fourth-order valence-electron chi connectivity index (χ4n) is 3.24. The third kappa shape index (κ3) is 2.04. The lowest BCUT2D eigenvalue weighted by molar-refractivity contribution is 0.00342. The molecule has 2 saturated heterocycles. The van der Waals surface area contributed by atoms with Gasteiger partial charge in [-0.3, -0.25) is 0 Å². The van der Waals surface area contributed by atoms with Gasteiger partial charge in [0, 0.05) is 10.0 Å². The quantitative estimate of drug-likeness (QED) is 0.909. The molecular formula is C14H13Cl2NO2. The van der Waals surface area contributed by atoms with Crippen LogP contribution in [-0.2, 0) is 4.74 Å². The second-order valence-corrected chi connectivity index (χ2v) is 6.16. The van der Waals surface area contributed by atoms with Crippen molar-refractivity contribution in [2.45, 2.75) is 37.6 Å². The van der Waals surface area contributed by atoms with Gasteiger partial charge in [-0.1, -0.05) is 23.2 Å². The summed E-state index contributed by atoms with van der Waals surface area (Å²) < 4.78 is 5.73. The van der Waals surface area contributed by atoms with Crippen molar-refractivity contribution in [2.24, 2.45) is 5.41 Å². The zero-order chi connectivity index (χ0) is 13.6. The Labute approximate surface area is 121 Å². The van der Waals surface area contributed by atoms with Crippen LogP contribution >= 0.6 is 23.2 Å². The average molecular weight is 298 g/mol. The predicted octanol–water partition coefficient (Wildman–Crippen LogP) is 3.49. The molecular weight excluding hydrogens is 285 g/mol. The van der Waals surface area contributed by atoms with Crippen molar-refractivity contribution in [3.05, 3.63) is 33.8 Å². The van der Waals surface area contributed by atoms with Crippen molar-refractivity contribution in [1.29, 1.82) is 5.26 Å². The molecule has 2 aliphatic heterocycles. The number of fused-ring (bicyclic) bond motifs is 2. The summed E-state index contributed by atoms with van der Waals surface area (Å²) in [6.45, 7) is 0. The molecule has 0 saturated carbocycles. The second-order valence-electron chi connectivity index (χ2n) is 5.29. The first-order valence-corrected chi connectivity index (χ1v) is 7.01. The van der Waals surface area contributed by atoms with E-state index in [1.54, 1.807) is 18.2 Å². The summed E-state index contributed by atoms with van der Waals surface area (Å²) in [7, 11) is 0. The fraction of sp³-hybridized carbons (Fsp3) is 0.500. The van der Waals surface area contributed by atoms with E-state index in [2.05, 4.69) is 6.07 Å². The van der Waals surface area contributed by atoms with Gasteiger partial charge in [0.05, 0.1) is 18.3 Å². The van der Waals surface area contributed by atoms with Gasteiger partial charge in [0.1, 0.15) is 11.5 Å². The smallest absolute Gasteiger partial charge is 0.116 e. The van der Waals surface area contributed by atoms with Gasteiger partial charge in [-0.15, -0.1) is 0 Å². The summed E-state index contributed by atoms with van der Waals surface area (Å²) in [6, 6.07) is 7.20. The van der Waals surface area contributed by atoms with E-state index < -0.39 is 11.5 Å². The Hall–Kier alpha value is -0.790. The van der Waals surface area contributed by atoms with Gasteiger partial charge >= 0.3 is 0 Å². The lowest BCUT2D eigenvalue weighted by Crippen LogP contribution is -2.37. The number of benzene rings is 1. The van der Waals surface area contributed by atoms with Crippen LogP contribution < -0.4 is 0 Å². The van der Waals surface area contributed by atoms with Crippen LogP contribution in [0.3, 0.4) is 0 Å². The normalized spacial score (nSPS) is 34.2. The van der Waals surface area contributed by atoms with Gasteiger partial charge in [-0.2, -0.15) is 5.26 Å². The summed E-state index contributed by atoms with van der Waals surface area (Å²) in [6.07, 6.45) is 1.33. The van der Waals surface area contributed by atoms with Crippen molar-refractivity contribution in [1.82, 2.24) is 0 Å². The molecule has 3 rings (SSSR count). The highest BCUT2D eigenvalue weighted by molar-refractivity contribution is 6.34. The molecule has 100 valence electrons. The van der Waals surface area contributed by atoms with E-state index in [1.807, 2.05) is 0 Å². The number of hydrogen-bond donors (Lipinski definition) is 1. The van der Waals surface area contributed by atoms with Gasteiger partial charge in [0.15, 0.2) is 0 Å². The number of nitriles is 1. The van der Waals surface area contributed by atoms with Crippen molar-refractivity contribution in [2.75, 3.05) is 0 Å². The maximum atomic E-state index is 10.6. The summed E-state index contributed by atoms with van der Waals surface area (Å²) in [4.78, 5) is 0. The summed E-state index contributed by atoms with van der Waals surface area (Å²) in [5.41, 5.74) is -0.299. The van der Waals surface area contributed by atoms with Crippen LogP contribution in [0.5, 0.6) is 0 Å². The zero-order valence-corrected chi connectivity index (χ0v) is 11.7. The zero-order valence-electron chi connectivity index (χ0n) is 10.1. The van der Waals surface area contributed by atoms with Gasteiger partial charge in [0.25, 0.3) is 0 Å². The second kappa shape index (κ2) is 4.64. The van der Waals surface area contributed by atoms with Crippen molar-refractivity contribution in [3.63, 3.8) is 0 Å². The Morgan fingerprint density at radius 3 is 2.47 bits per heavy atom. The van der Waals surface area contributed by atoms with E-state index in [0.717, 1.165) is 12.8 Å². The summed E-state index contributed by atoms with van der Waals surface area (Å²) >= 11 is 11.9.